The van der Waals surface area contributed by atoms with Crippen LogP contribution in [0.2, 0.25) is 0 Å². The monoisotopic (exact) mass is 353 g/mol. The van der Waals surface area contributed by atoms with Crippen molar-refractivity contribution in [3.63, 3.8) is 0 Å². The second-order valence-electron chi connectivity index (χ2n) is 5.06. The molecule has 1 atom stereocenters. The summed E-state index contributed by atoms with van der Waals surface area (Å²) in [4.78, 5) is 30.5. The van der Waals surface area contributed by atoms with Crippen LogP contribution in [-0.4, -0.2) is 57.7 Å². The molecule has 132 valence electrons. The van der Waals surface area contributed by atoms with Crippen LogP contribution in [0.15, 0.2) is 0 Å². The molecule has 0 aromatic heterocycles. The minimum absolute atomic E-state index is 0.147. The summed E-state index contributed by atoms with van der Waals surface area (Å²) < 4.78 is 28.7. The fourth-order valence-corrected chi connectivity index (χ4v) is 2.62. The van der Waals surface area contributed by atoms with Gasteiger partial charge in [-0.2, -0.15) is 8.42 Å². The summed E-state index contributed by atoms with van der Waals surface area (Å²) in [5.74, 6) is -3.98. The average molecular weight is 353 g/mol. The third kappa shape index (κ3) is 8.26. The molecule has 0 saturated heterocycles. The van der Waals surface area contributed by atoms with E-state index in [1.165, 1.54) is 6.21 Å². The Morgan fingerprint density at radius 2 is 1.57 bits per heavy atom. The highest BCUT2D eigenvalue weighted by Crippen LogP contribution is 2.27. The van der Waals surface area contributed by atoms with Gasteiger partial charge in [0.05, 0.1) is 12.3 Å². The predicted molar refractivity (Wildman–Crippen MR) is 77.1 cm³/mol. The van der Waals surface area contributed by atoms with Crippen LogP contribution >= 0.6 is 0 Å². The molecule has 0 bridgehead atoms. The van der Waals surface area contributed by atoms with Gasteiger partial charge in [0, 0.05) is 0 Å². The van der Waals surface area contributed by atoms with Gasteiger partial charge in [0.25, 0.3) is 10.1 Å². The van der Waals surface area contributed by atoms with Crippen molar-refractivity contribution in [2.24, 2.45) is 11.8 Å². The quantitative estimate of drug-likeness (QED) is 0.330. The maximum Gasteiger partial charge on any atom is 0.325 e. The number of carbonyl (C=O) groups is 3. The number of aliphatic carboxylic acids is 3. The molecule has 1 saturated carbocycles. The van der Waals surface area contributed by atoms with Crippen LogP contribution in [0.4, 0.5) is 0 Å². The Labute approximate surface area is 132 Å². The van der Waals surface area contributed by atoms with Gasteiger partial charge >= 0.3 is 17.9 Å². The summed E-state index contributed by atoms with van der Waals surface area (Å²) in [6.07, 6.45) is 3.53. The van der Waals surface area contributed by atoms with Crippen molar-refractivity contribution in [3.05, 3.63) is 0 Å². The zero-order valence-corrected chi connectivity index (χ0v) is 12.9. The molecule has 10 nitrogen and oxygen atoms in total. The van der Waals surface area contributed by atoms with E-state index in [1.807, 2.05) is 0 Å². The summed E-state index contributed by atoms with van der Waals surface area (Å²) in [6, 6.07) is 0. The lowest BCUT2D eigenvalue weighted by Crippen LogP contribution is -2.31. The van der Waals surface area contributed by atoms with Crippen LogP contribution in [0.25, 0.3) is 0 Å². The Morgan fingerprint density at radius 3 is 1.78 bits per heavy atom. The highest BCUT2D eigenvalue weighted by atomic mass is 32.2. The van der Waals surface area contributed by atoms with Crippen molar-refractivity contribution >= 4 is 34.2 Å². The first-order chi connectivity index (χ1) is 10.5. The molecule has 1 fully saturated rings. The van der Waals surface area contributed by atoms with Crippen molar-refractivity contribution in [1.82, 2.24) is 0 Å². The first kappa shape index (κ1) is 21.0. The van der Waals surface area contributed by atoms with Gasteiger partial charge in [-0.15, -0.1) is 0 Å². The fraction of sp³-hybridized carbons (Fsp3) is 0.667. The highest BCUT2D eigenvalue weighted by Gasteiger charge is 2.33. The SMILES string of the molecule is N=CC1CCC(C(=O)O)CC1.O=C(O)CC(C(=O)O)S(=O)(=O)O. The molecule has 23 heavy (non-hydrogen) atoms. The number of nitrogens with one attached hydrogen (secondary N) is 1. The minimum atomic E-state index is -4.84. The van der Waals surface area contributed by atoms with Crippen molar-refractivity contribution in [1.29, 1.82) is 5.41 Å². The Bertz CT molecular complexity index is 549. The number of carboxylic acid groups (broad SMARTS) is 3. The summed E-state index contributed by atoms with van der Waals surface area (Å²) in [6.45, 7) is 0. The average Bonchev–Trinajstić information content (AvgIpc) is 2.44. The van der Waals surface area contributed by atoms with E-state index in [0.717, 1.165) is 25.7 Å². The molecule has 0 amide bonds. The van der Waals surface area contributed by atoms with E-state index >= 15 is 0 Å². The molecule has 1 rings (SSSR count). The largest absolute Gasteiger partial charge is 0.481 e. The second kappa shape index (κ2) is 9.20. The van der Waals surface area contributed by atoms with Gasteiger partial charge in [-0.05, 0) is 37.8 Å². The second-order valence-corrected chi connectivity index (χ2v) is 6.66. The maximum absolute atomic E-state index is 10.5. The Balaban J connectivity index is 0.000000422. The summed E-state index contributed by atoms with van der Waals surface area (Å²) >= 11 is 0. The van der Waals surface area contributed by atoms with Crippen molar-refractivity contribution < 1.29 is 42.7 Å². The fourth-order valence-electron chi connectivity index (χ4n) is 2.01. The van der Waals surface area contributed by atoms with E-state index in [-0.39, 0.29) is 5.92 Å². The van der Waals surface area contributed by atoms with Crippen LogP contribution in [0.5, 0.6) is 0 Å². The van der Waals surface area contributed by atoms with E-state index in [4.69, 9.17) is 25.3 Å². The summed E-state index contributed by atoms with van der Waals surface area (Å²) in [7, 11) is -4.84. The third-order valence-electron chi connectivity index (χ3n) is 3.35. The molecule has 0 spiro atoms. The Morgan fingerprint density at radius 1 is 1.09 bits per heavy atom. The molecule has 0 aromatic carbocycles. The zero-order valence-electron chi connectivity index (χ0n) is 12.1. The van der Waals surface area contributed by atoms with Gasteiger partial charge in [-0.1, -0.05) is 0 Å². The topological polar surface area (TPSA) is 190 Å². The van der Waals surface area contributed by atoms with E-state index in [2.05, 4.69) is 0 Å². The van der Waals surface area contributed by atoms with Crippen LogP contribution < -0.4 is 0 Å². The normalized spacial score (nSPS) is 22.1. The van der Waals surface area contributed by atoms with E-state index in [9.17, 15) is 22.8 Å². The standard InChI is InChI=1S/C8H13NO2.C4H6O7S/c9-5-6-1-3-7(4-2-6)8(10)11;5-3(6)1-2(4(7)8)12(9,10)11/h5-7,9H,1-4H2,(H,10,11);2H,1H2,(H,5,6)(H,7,8)(H,9,10,11). The Kier molecular flexibility index (Phi) is 8.40. The summed E-state index contributed by atoms with van der Waals surface area (Å²) in [5, 5.41) is 29.6. The molecule has 11 heteroatoms. The number of hydrogen-bond donors (Lipinski definition) is 5. The van der Waals surface area contributed by atoms with Gasteiger partial charge in [0.2, 0.25) is 0 Å². The van der Waals surface area contributed by atoms with Crippen molar-refractivity contribution in [2.45, 2.75) is 37.4 Å². The van der Waals surface area contributed by atoms with Crippen LogP contribution in [0.3, 0.4) is 0 Å². The molecule has 0 aromatic rings. The number of carboxylic acids is 3. The van der Waals surface area contributed by atoms with Gasteiger partial charge in [-0.25, -0.2) is 0 Å². The van der Waals surface area contributed by atoms with Crippen molar-refractivity contribution in [2.75, 3.05) is 0 Å². The lowest BCUT2D eigenvalue weighted by molar-refractivity contribution is -0.143. The lowest BCUT2D eigenvalue weighted by Gasteiger charge is -2.22. The minimum Gasteiger partial charge on any atom is -0.481 e. The van der Waals surface area contributed by atoms with Crippen LogP contribution in [-0.2, 0) is 24.5 Å². The molecule has 5 N–H and O–H groups in total. The molecule has 0 heterocycles. The third-order valence-corrected chi connectivity index (χ3v) is 4.44. The van der Waals surface area contributed by atoms with E-state index in [0.29, 0.717) is 5.92 Å². The van der Waals surface area contributed by atoms with E-state index in [1.54, 1.807) is 0 Å². The lowest BCUT2D eigenvalue weighted by atomic mass is 9.83. The van der Waals surface area contributed by atoms with Gasteiger partial charge in [0.1, 0.15) is 0 Å². The van der Waals surface area contributed by atoms with Gasteiger partial charge in [0.15, 0.2) is 5.25 Å². The zero-order chi connectivity index (χ0) is 18.2. The smallest absolute Gasteiger partial charge is 0.325 e. The molecule has 1 aliphatic carbocycles. The van der Waals surface area contributed by atoms with Gasteiger partial charge < -0.3 is 20.7 Å². The molecule has 1 unspecified atom stereocenters. The number of rotatable bonds is 6. The highest BCUT2D eigenvalue weighted by molar-refractivity contribution is 7.87. The first-order valence-corrected chi connectivity index (χ1v) is 8.13. The van der Waals surface area contributed by atoms with Crippen molar-refractivity contribution in [3.8, 4) is 0 Å². The van der Waals surface area contributed by atoms with Crippen LogP contribution in [0, 0.1) is 17.2 Å². The first-order valence-electron chi connectivity index (χ1n) is 6.63. The van der Waals surface area contributed by atoms with Crippen LogP contribution in [0.1, 0.15) is 32.1 Å². The molecule has 1 aliphatic rings. The maximum atomic E-state index is 10.5. The summed E-state index contributed by atoms with van der Waals surface area (Å²) in [5.41, 5.74) is 0. The van der Waals surface area contributed by atoms with Gasteiger partial charge in [-0.3, -0.25) is 18.9 Å². The molecule has 0 radical (unpaired) electrons. The Hall–Kier alpha value is -2.01. The predicted octanol–water partition coefficient (Wildman–Crippen LogP) is 0.329. The molecule has 0 aliphatic heterocycles. The molecular formula is C12H19NO9S. The number of hydrogen-bond acceptors (Lipinski definition) is 6. The molecular weight excluding hydrogens is 334 g/mol. The van der Waals surface area contributed by atoms with E-state index < -0.39 is 39.7 Å².